The second-order valence-electron chi connectivity index (χ2n) is 3.74. The van der Waals surface area contributed by atoms with Gasteiger partial charge in [-0.3, -0.25) is 0 Å². The van der Waals surface area contributed by atoms with Crippen molar-refractivity contribution < 1.29 is 0 Å². The van der Waals surface area contributed by atoms with Gasteiger partial charge in [-0.05, 0) is 0 Å². The van der Waals surface area contributed by atoms with Crippen molar-refractivity contribution in [2.24, 2.45) is 0 Å². The molecule has 0 N–H and O–H groups in total. The minimum atomic E-state index is 0.371. The molecule has 0 spiro atoms. The zero-order valence-corrected chi connectivity index (χ0v) is 11.9. The van der Waals surface area contributed by atoms with Crippen molar-refractivity contribution in [3.8, 4) is 0 Å². The van der Waals surface area contributed by atoms with E-state index in [0.717, 1.165) is 0 Å². The number of hydrogen-bond donors (Lipinski definition) is 0. The Kier molecular flexibility index (Phi) is 6.05. The molecule has 0 aromatic heterocycles. The molecule has 1 radical (unpaired) electrons. The van der Waals surface area contributed by atoms with Gasteiger partial charge in [0.25, 0.3) is 0 Å². The summed E-state index contributed by atoms with van der Waals surface area (Å²) in [6.07, 6.45) is 0. The van der Waals surface area contributed by atoms with Crippen LogP contribution in [0.2, 0.25) is 5.21 Å². The van der Waals surface area contributed by atoms with E-state index in [2.05, 4.69) is 49.9 Å². The van der Waals surface area contributed by atoms with E-state index >= 15 is 0 Å². The van der Waals surface area contributed by atoms with Gasteiger partial charge >= 0.3 is 100 Å². The number of nitrogens with zero attached hydrogens (tertiary/aromatic N) is 1. The van der Waals surface area contributed by atoms with Crippen molar-refractivity contribution in [2.45, 2.75) is 26.0 Å². The molecule has 0 aliphatic heterocycles. The first-order valence-electron chi connectivity index (χ1n) is 5.72. The standard InChI is InChI=1S/C13H21AsN/c1-4-15(5-2)11-10-14-13-8-6-12(3)7-9-13/h6-9H,4-5,10-11H2,1-3H3. The summed E-state index contributed by atoms with van der Waals surface area (Å²) in [5.41, 5.74) is 1.36. The zero-order valence-electron chi connectivity index (χ0n) is 10.0. The Balaban J connectivity index is 2.28. The van der Waals surface area contributed by atoms with Gasteiger partial charge < -0.3 is 0 Å². The summed E-state index contributed by atoms with van der Waals surface area (Å²) < 4.78 is 1.56. The fraction of sp³-hybridized carbons (Fsp3) is 0.538. The average molecular weight is 266 g/mol. The van der Waals surface area contributed by atoms with Crippen LogP contribution in [0.25, 0.3) is 0 Å². The number of rotatable bonds is 6. The first-order valence-corrected chi connectivity index (χ1v) is 7.99. The van der Waals surface area contributed by atoms with Crippen LogP contribution in [0.3, 0.4) is 0 Å². The SMILES string of the molecule is CCN(CC)CC[As]c1ccc(C)cc1. The fourth-order valence-corrected chi connectivity index (χ4v) is 3.61. The molecule has 0 amide bonds. The normalized spacial score (nSPS) is 11.7. The van der Waals surface area contributed by atoms with Gasteiger partial charge in [-0.1, -0.05) is 0 Å². The second kappa shape index (κ2) is 7.08. The predicted octanol–water partition coefficient (Wildman–Crippen LogP) is 2.08. The van der Waals surface area contributed by atoms with Crippen molar-refractivity contribution in [2.75, 3.05) is 19.6 Å². The van der Waals surface area contributed by atoms with Crippen LogP contribution in [-0.4, -0.2) is 40.3 Å². The van der Waals surface area contributed by atoms with Crippen molar-refractivity contribution in [3.63, 3.8) is 0 Å². The predicted molar refractivity (Wildman–Crippen MR) is 69.2 cm³/mol. The van der Waals surface area contributed by atoms with Crippen LogP contribution in [0.4, 0.5) is 0 Å². The summed E-state index contributed by atoms with van der Waals surface area (Å²) in [4.78, 5) is 2.50. The molecule has 0 aliphatic rings. The molecule has 0 saturated carbocycles. The summed E-state index contributed by atoms with van der Waals surface area (Å²) in [5, 5.41) is 1.36. The van der Waals surface area contributed by atoms with E-state index in [-0.39, 0.29) is 0 Å². The minimum absolute atomic E-state index is 0.371. The van der Waals surface area contributed by atoms with Crippen LogP contribution in [-0.2, 0) is 0 Å². The average Bonchev–Trinajstić information content (AvgIpc) is 2.27. The van der Waals surface area contributed by atoms with E-state index in [1.165, 1.54) is 30.4 Å². The third-order valence-corrected chi connectivity index (χ3v) is 4.92. The van der Waals surface area contributed by atoms with Gasteiger partial charge in [0.15, 0.2) is 0 Å². The van der Waals surface area contributed by atoms with Crippen LogP contribution >= 0.6 is 0 Å². The van der Waals surface area contributed by atoms with E-state index in [1.54, 1.807) is 4.35 Å². The third-order valence-electron chi connectivity index (χ3n) is 2.64. The van der Waals surface area contributed by atoms with Gasteiger partial charge in [0.2, 0.25) is 0 Å². The van der Waals surface area contributed by atoms with Crippen LogP contribution in [0.5, 0.6) is 0 Å². The summed E-state index contributed by atoms with van der Waals surface area (Å²) in [6, 6.07) is 9.03. The van der Waals surface area contributed by atoms with Crippen molar-refractivity contribution in [1.82, 2.24) is 4.90 Å². The van der Waals surface area contributed by atoms with E-state index < -0.39 is 0 Å². The number of hydrogen-bond acceptors (Lipinski definition) is 1. The molecule has 0 bridgehead atoms. The van der Waals surface area contributed by atoms with Gasteiger partial charge in [-0.25, -0.2) is 0 Å². The molecule has 1 nitrogen and oxygen atoms in total. The molecule has 0 aliphatic carbocycles. The quantitative estimate of drug-likeness (QED) is 0.713. The molecule has 1 aromatic carbocycles. The molecule has 1 aromatic rings. The molecule has 15 heavy (non-hydrogen) atoms. The number of benzene rings is 1. The van der Waals surface area contributed by atoms with Crippen molar-refractivity contribution in [3.05, 3.63) is 29.8 Å². The monoisotopic (exact) mass is 266 g/mol. The Morgan fingerprint density at radius 3 is 2.20 bits per heavy atom. The van der Waals surface area contributed by atoms with Crippen LogP contribution in [0.1, 0.15) is 19.4 Å². The molecule has 1 rings (SSSR count). The fourth-order valence-electron chi connectivity index (χ4n) is 1.51. The Bertz CT molecular complexity index is 264. The Morgan fingerprint density at radius 2 is 1.67 bits per heavy atom. The molecule has 0 unspecified atom stereocenters. The van der Waals surface area contributed by atoms with Gasteiger partial charge in [-0.15, -0.1) is 0 Å². The zero-order chi connectivity index (χ0) is 11.1. The molecule has 0 saturated heterocycles. The molecule has 83 valence electrons. The van der Waals surface area contributed by atoms with E-state index in [9.17, 15) is 0 Å². The van der Waals surface area contributed by atoms with E-state index in [1.807, 2.05) is 0 Å². The Hall–Kier alpha value is -0.262. The van der Waals surface area contributed by atoms with Crippen LogP contribution < -0.4 is 4.35 Å². The maximum absolute atomic E-state index is 2.50. The van der Waals surface area contributed by atoms with Gasteiger partial charge in [0.05, 0.1) is 0 Å². The Labute approximate surface area is 101 Å². The molecular formula is C13H21AsN. The van der Waals surface area contributed by atoms with Crippen LogP contribution in [0.15, 0.2) is 24.3 Å². The summed E-state index contributed by atoms with van der Waals surface area (Å²) in [7, 11) is 0. The second-order valence-corrected chi connectivity index (χ2v) is 6.43. The Morgan fingerprint density at radius 1 is 1.07 bits per heavy atom. The first kappa shape index (κ1) is 12.8. The van der Waals surface area contributed by atoms with E-state index in [4.69, 9.17) is 0 Å². The molecule has 2 heteroatoms. The summed E-state index contributed by atoms with van der Waals surface area (Å²) in [6.45, 7) is 10.3. The summed E-state index contributed by atoms with van der Waals surface area (Å²) >= 11 is 0.371. The maximum atomic E-state index is 2.50. The van der Waals surface area contributed by atoms with Crippen molar-refractivity contribution in [1.29, 1.82) is 0 Å². The molecule has 0 heterocycles. The third kappa shape index (κ3) is 4.86. The van der Waals surface area contributed by atoms with E-state index in [0.29, 0.717) is 15.8 Å². The topological polar surface area (TPSA) is 3.24 Å². The van der Waals surface area contributed by atoms with Gasteiger partial charge in [0, 0.05) is 0 Å². The van der Waals surface area contributed by atoms with Crippen LogP contribution in [0, 0.1) is 6.92 Å². The van der Waals surface area contributed by atoms with Gasteiger partial charge in [-0.2, -0.15) is 0 Å². The summed E-state index contributed by atoms with van der Waals surface area (Å²) in [5.74, 6) is 0. The first-order chi connectivity index (χ1) is 7.26. The van der Waals surface area contributed by atoms with Gasteiger partial charge in [0.1, 0.15) is 0 Å². The molecular weight excluding hydrogens is 245 g/mol. The molecule has 0 atom stereocenters. The molecule has 0 fully saturated rings. The number of aryl methyl sites for hydroxylation is 1. The van der Waals surface area contributed by atoms with Crippen molar-refractivity contribution >= 4 is 20.1 Å².